The van der Waals surface area contributed by atoms with Crippen molar-refractivity contribution in [3.63, 3.8) is 0 Å². The van der Waals surface area contributed by atoms with Gasteiger partial charge in [0, 0.05) is 51.7 Å². The number of nitrogens with zero attached hydrogens (tertiary/aromatic N) is 4. The molecule has 2 aliphatic rings. The zero-order chi connectivity index (χ0) is 14.8. The number of aliphatic hydroxyl groups excluding tert-OH is 1. The van der Waals surface area contributed by atoms with Gasteiger partial charge in [0.1, 0.15) is 5.82 Å². The number of carbonyl (C=O) groups is 1. The van der Waals surface area contributed by atoms with Crippen LogP contribution >= 0.6 is 0 Å². The molecule has 0 aromatic carbocycles. The van der Waals surface area contributed by atoms with Crippen LogP contribution in [0.4, 0.5) is 11.5 Å². The Morgan fingerprint density at radius 3 is 2.62 bits per heavy atom. The summed E-state index contributed by atoms with van der Waals surface area (Å²) in [6.07, 6.45) is 2.26. The van der Waals surface area contributed by atoms with Crippen LogP contribution in [0.1, 0.15) is 6.42 Å². The molecule has 1 unspecified atom stereocenters. The number of rotatable bonds is 3. The fraction of sp³-hybridized carbons (Fsp3) is 0.600. The summed E-state index contributed by atoms with van der Waals surface area (Å²) in [7, 11) is 2.13. The molecular weight excluding hydrogens is 268 g/mol. The van der Waals surface area contributed by atoms with Crippen molar-refractivity contribution in [3.05, 3.63) is 18.3 Å². The van der Waals surface area contributed by atoms with Gasteiger partial charge < -0.3 is 14.9 Å². The lowest BCUT2D eigenvalue weighted by Gasteiger charge is -2.33. The molecule has 1 amide bonds. The van der Waals surface area contributed by atoms with Crippen LogP contribution in [0.2, 0.25) is 0 Å². The van der Waals surface area contributed by atoms with Crippen molar-refractivity contribution in [2.45, 2.75) is 6.42 Å². The summed E-state index contributed by atoms with van der Waals surface area (Å²) >= 11 is 0. The number of piperazine rings is 1. The first-order chi connectivity index (χ1) is 10.2. The van der Waals surface area contributed by atoms with E-state index in [1.165, 1.54) is 0 Å². The molecule has 1 aromatic rings. The maximum Gasteiger partial charge on any atom is 0.228 e. The summed E-state index contributed by atoms with van der Waals surface area (Å²) in [5.41, 5.74) is 1.11. The fourth-order valence-corrected chi connectivity index (χ4v) is 2.91. The van der Waals surface area contributed by atoms with Gasteiger partial charge in [0.2, 0.25) is 5.91 Å². The minimum absolute atomic E-state index is 0.0385. The van der Waals surface area contributed by atoms with E-state index in [0.717, 1.165) is 31.9 Å². The molecule has 0 aliphatic carbocycles. The standard InChI is InChI=1S/C15H22N4O2/c1-17-4-6-18(7-5-17)13-2-3-14(16-9-13)19-10-12(11-20)8-15(19)21/h2-3,9,12,20H,4-8,10-11H2,1H3. The number of amides is 1. The Morgan fingerprint density at radius 1 is 1.29 bits per heavy atom. The monoisotopic (exact) mass is 290 g/mol. The molecule has 0 bridgehead atoms. The van der Waals surface area contributed by atoms with Gasteiger partial charge in [-0.1, -0.05) is 0 Å². The lowest BCUT2D eigenvalue weighted by Crippen LogP contribution is -2.44. The Hall–Kier alpha value is -1.66. The highest BCUT2D eigenvalue weighted by Gasteiger charge is 2.30. The van der Waals surface area contributed by atoms with Crippen LogP contribution in [-0.4, -0.2) is 67.3 Å². The Kier molecular flexibility index (Phi) is 4.07. The molecule has 2 fully saturated rings. The molecule has 1 atom stereocenters. The molecule has 1 N–H and O–H groups in total. The third-order valence-corrected chi connectivity index (χ3v) is 4.34. The number of hydrogen-bond donors (Lipinski definition) is 1. The lowest BCUT2D eigenvalue weighted by molar-refractivity contribution is -0.117. The molecule has 3 heterocycles. The molecule has 2 aliphatic heterocycles. The van der Waals surface area contributed by atoms with Gasteiger partial charge in [-0.2, -0.15) is 0 Å². The van der Waals surface area contributed by atoms with Gasteiger partial charge >= 0.3 is 0 Å². The van der Waals surface area contributed by atoms with Gasteiger partial charge in [0.25, 0.3) is 0 Å². The van der Waals surface area contributed by atoms with E-state index in [1.54, 1.807) is 4.90 Å². The average molecular weight is 290 g/mol. The van der Waals surface area contributed by atoms with Gasteiger partial charge in [-0.05, 0) is 19.2 Å². The minimum atomic E-state index is 0.0385. The van der Waals surface area contributed by atoms with Crippen molar-refractivity contribution in [3.8, 4) is 0 Å². The number of anilines is 2. The van der Waals surface area contributed by atoms with Crippen LogP contribution < -0.4 is 9.80 Å². The molecular formula is C15H22N4O2. The van der Waals surface area contributed by atoms with Crippen LogP contribution in [0.5, 0.6) is 0 Å². The molecule has 1 aromatic heterocycles. The van der Waals surface area contributed by atoms with Crippen LogP contribution in [0.25, 0.3) is 0 Å². The molecule has 6 heteroatoms. The first-order valence-electron chi connectivity index (χ1n) is 7.48. The second-order valence-corrected chi connectivity index (χ2v) is 5.92. The molecule has 21 heavy (non-hydrogen) atoms. The smallest absolute Gasteiger partial charge is 0.228 e. The van der Waals surface area contributed by atoms with E-state index in [2.05, 4.69) is 21.8 Å². The lowest BCUT2D eigenvalue weighted by atomic mass is 10.1. The highest BCUT2D eigenvalue weighted by Crippen LogP contribution is 2.25. The first-order valence-corrected chi connectivity index (χ1v) is 7.48. The van der Waals surface area contributed by atoms with Crippen LogP contribution in [0.15, 0.2) is 18.3 Å². The number of carbonyl (C=O) groups excluding carboxylic acids is 1. The van der Waals surface area contributed by atoms with Crippen molar-refractivity contribution < 1.29 is 9.90 Å². The van der Waals surface area contributed by atoms with Crippen molar-refractivity contribution in [2.24, 2.45) is 5.92 Å². The maximum atomic E-state index is 11.9. The predicted octanol–water partition coefficient (Wildman–Crippen LogP) is 0.179. The Morgan fingerprint density at radius 2 is 2.05 bits per heavy atom. The topological polar surface area (TPSA) is 59.9 Å². The zero-order valence-corrected chi connectivity index (χ0v) is 12.4. The molecule has 0 saturated carbocycles. The van der Waals surface area contributed by atoms with E-state index < -0.39 is 0 Å². The van der Waals surface area contributed by atoms with Crippen LogP contribution in [-0.2, 0) is 4.79 Å². The van der Waals surface area contributed by atoms with Gasteiger partial charge in [0.05, 0.1) is 11.9 Å². The van der Waals surface area contributed by atoms with Gasteiger partial charge in [0.15, 0.2) is 0 Å². The number of pyridine rings is 1. The average Bonchev–Trinajstić information content (AvgIpc) is 2.89. The van der Waals surface area contributed by atoms with E-state index in [1.807, 2.05) is 18.3 Å². The predicted molar refractivity (Wildman–Crippen MR) is 81.5 cm³/mol. The first kappa shape index (κ1) is 14.3. The Balaban J connectivity index is 1.68. The zero-order valence-electron chi connectivity index (χ0n) is 12.4. The highest BCUT2D eigenvalue weighted by atomic mass is 16.3. The van der Waals surface area contributed by atoms with Crippen molar-refractivity contribution in [1.82, 2.24) is 9.88 Å². The second kappa shape index (κ2) is 5.99. The van der Waals surface area contributed by atoms with E-state index in [9.17, 15) is 9.90 Å². The summed E-state index contributed by atoms with van der Waals surface area (Å²) in [5.74, 6) is 0.777. The van der Waals surface area contributed by atoms with E-state index in [4.69, 9.17) is 0 Å². The van der Waals surface area contributed by atoms with Gasteiger partial charge in [-0.3, -0.25) is 9.69 Å². The van der Waals surface area contributed by atoms with E-state index >= 15 is 0 Å². The highest BCUT2D eigenvalue weighted by molar-refractivity contribution is 5.94. The second-order valence-electron chi connectivity index (χ2n) is 5.92. The third kappa shape index (κ3) is 3.01. The van der Waals surface area contributed by atoms with Gasteiger partial charge in [-0.25, -0.2) is 4.98 Å². The number of aliphatic hydroxyl groups is 1. The van der Waals surface area contributed by atoms with Crippen LogP contribution in [0.3, 0.4) is 0 Å². The molecule has 0 radical (unpaired) electrons. The molecule has 3 rings (SSSR count). The maximum absolute atomic E-state index is 11.9. The molecule has 0 spiro atoms. The minimum Gasteiger partial charge on any atom is -0.396 e. The largest absolute Gasteiger partial charge is 0.396 e. The fourth-order valence-electron chi connectivity index (χ4n) is 2.91. The Labute approximate surface area is 125 Å². The molecule has 114 valence electrons. The summed E-state index contributed by atoms with van der Waals surface area (Å²) < 4.78 is 0. The van der Waals surface area contributed by atoms with Gasteiger partial charge in [-0.15, -0.1) is 0 Å². The quantitative estimate of drug-likeness (QED) is 0.860. The third-order valence-electron chi connectivity index (χ3n) is 4.34. The summed E-state index contributed by atoms with van der Waals surface area (Å²) in [4.78, 5) is 22.7. The normalized spacial score (nSPS) is 23.9. The van der Waals surface area contributed by atoms with Crippen molar-refractivity contribution >= 4 is 17.4 Å². The molecule has 6 nitrogen and oxygen atoms in total. The SMILES string of the molecule is CN1CCN(c2ccc(N3CC(CO)CC3=O)nc2)CC1. The van der Waals surface area contributed by atoms with Crippen LogP contribution in [0, 0.1) is 5.92 Å². The summed E-state index contributed by atoms with van der Waals surface area (Å²) in [6.45, 7) is 4.76. The van der Waals surface area contributed by atoms with E-state index in [-0.39, 0.29) is 18.4 Å². The van der Waals surface area contributed by atoms with Crippen molar-refractivity contribution in [1.29, 1.82) is 0 Å². The number of hydrogen-bond acceptors (Lipinski definition) is 5. The summed E-state index contributed by atoms with van der Waals surface area (Å²) in [5, 5.41) is 9.17. The number of likely N-dealkylation sites (N-methyl/N-ethyl adjacent to an activating group) is 1. The summed E-state index contributed by atoms with van der Waals surface area (Å²) in [6, 6.07) is 3.94. The molecule has 2 saturated heterocycles. The Bertz CT molecular complexity index is 497. The van der Waals surface area contributed by atoms with E-state index in [0.29, 0.717) is 18.8 Å². The van der Waals surface area contributed by atoms with Crippen molar-refractivity contribution in [2.75, 3.05) is 56.2 Å². The number of aromatic nitrogens is 1.